The van der Waals surface area contributed by atoms with Gasteiger partial charge in [-0.1, -0.05) is 60.7 Å². The van der Waals surface area contributed by atoms with Crippen LogP contribution in [0.15, 0.2) is 60.7 Å². The van der Waals surface area contributed by atoms with Crippen LogP contribution in [0.4, 0.5) is 0 Å². The predicted molar refractivity (Wildman–Crippen MR) is 84.7 cm³/mol. The van der Waals surface area contributed by atoms with Gasteiger partial charge in [0.1, 0.15) is 0 Å². The number of aliphatic hydroxyl groups is 1. The Bertz CT molecular complexity index is 571. The molecule has 0 aliphatic heterocycles. The summed E-state index contributed by atoms with van der Waals surface area (Å²) in [4.78, 5) is 17.5. The predicted octanol–water partition coefficient (Wildman–Crippen LogP) is 2.43. The first-order chi connectivity index (χ1) is 10.7. The lowest BCUT2D eigenvalue weighted by atomic mass is 10.0. The van der Waals surface area contributed by atoms with E-state index in [4.69, 9.17) is 4.84 Å². The van der Waals surface area contributed by atoms with Crippen molar-refractivity contribution in [1.29, 1.82) is 0 Å². The first kappa shape index (κ1) is 16.2. The zero-order chi connectivity index (χ0) is 15.8. The fourth-order valence-corrected chi connectivity index (χ4v) is 2.22. The van der Waals surface area contributed by atoms with Crippen LogP contribution < -0.4 is 0 Å². The first-order valence-electron chi connectivity index (χ1n) is 7.30. The minimum Gasteiger partial charge on any atom is -0.395 e. The van der Waals surface area contributed by atoms with Gasteiger partial charge in [0, 0.05) is 7.05 Å². The van der Waals surface area contributed by atoms with Crippen LogP contribution in [0, 0.1) is 5.92 Å². The van der Waals surface area contributed by atoms with Gasteiger partial charge >= 0.3 is 5.97 Å². The molecule has 0 fully saturated rings. The summed E-state index contributed by atoms with van der Waals surface area (Å²) < 4.78 is 0. The molecule has 4 nitrogen and oxygen atoms in total. The molecule has 0 saturated carbocycles. The summed E-state index contributed by atoms with van der Waals surface area (Å²) in [5.74, 6) is -0.967. The second-order valence-corrected chi connectivity index (χ2v) is 5.25. The Morgan fingerprint density at radius 1 is 1.05 bits per heavy atom. The van der Waals surface area contributed by atoms with Gasteiger partial charge in [-0.25, -0.2) is 4.79 Å². The quantitative estimate of drug-likeness (QED) is 0.798. The third-order valence-corrected chi connectivity index (χ3v) is 3.37. The van der Waals surface area contributed by atoms with E-state index in [1.165, 1.54) is 5.06 Å². The highest BCUT2D eigenvalue weighted by molar-refractivity contribution is 5.72. The molecule has 1 atom stereocenters. The highest BCUT2D eigenvalue weighted by Gasteiger charge is 2.21. The van der Waals surface area contributed by atoms with E-state index in [9.17, 15) is 9.90 Å². The monoisotopic (exact) mass is 299 g/mol. The molecule has 0 aliphatic carbocycles. The minimum atomic E-state index is -0.555. The lowest BCUT2D eigenvalue weighted by Gasteiger charge is -2.20. The first-order valence-corrected chi connectivity index (χ1v) is 7.30. The van der Waals surface area contributed by atoms with Gasteiger partial charge in [0.2, 0.25) is 0 Å². The zero-order valence-electron chi connectivity index (χ0n) is 12.7. The fraction of sp³-hybridized carbons (Fsp3) is 0.278. The van der Waals surface area contributed by atoms with Crippen LogP contribution in [0.5, 0.6) is 0 Å². The molecule has 2 aromatic rings. The van der Waals surface area contributed by atoms with Gasteiger partial charge < -0.3 is 9.94 Å². The van der Waals surface area contributed by atoms with Crippen molar-refractivity contribution in [2.24, 2.45) is 5.92 Å². The molecule has 1 unspecified atom stereocenters. The van der Waals surface area contributed by atoms with Gasteiger partial charge in [0.05, 0.1) is 19.1 Å². The van der Waals surface area contributed by atoms with Crippen molar-refractivity contribution in [3.63, 3.8) is 0 Å². The third kappa shape index (κ3) is 4.98. The highest BCUT2D eigenvalue weighted by atomic mass is 16.7. The smallest absolute Gasteiger partial charge is 0.330 e. The summed E-state index contributed by atoms with van der Waals surface area (Å²) in [6.45, 7) is 0.281. The summed E-state index contributed by atoms with van der Waals surface area (Å²) >= 11 is 0. The molecular weight excluding hydrogens is 278 g/mol. The van der Waals surface area contributed by atoms with Crippen molar-refractivity contribution in [3.05, 3.63) is 71.8 Å². The normalized spacial score (nSPS) is 12.1. The largest absolute Gasteiger partial charge is 0.395 e. The maximum atomic E-state index is 12.2. The SMILES string of the molecule is CN(Cc1ccccc1)OC(=O)C(CO)Cc1ccccc1. The van der Waals surface area contributed by atoms with Crippen molar-refractivity contribution in [3.8, 4) is 0 Å². The molecule has 0 amide bonds. The second kappa shape index (κ2) is 8.32. The van der Waals surface area contributed by atoms with Crippen molar-refractivity contribution in [2.45, 2.75) is 13.0 Å². The Labute approximate surface area is 130 Å². The lowest BCUT2D eigenvalue weighted by molar-refractivity contribution is -0.193. The molecule has 116 valence electrons. The highest BCUT2D eigenvalue weighted by Crippen LogP contribution is 2.12. The molecule has 2 aromatic carbocycles. The Morgan fingerprint density at radius 3 is 2.14 bits per heavy atom. The van der Waals surface area contributed by atoms with Crippen molar-refractivity contribution in [2.75, 3.05) is 13.7 Å². The Balaban J connectivity index is 1.88. The average Bonchev–Trinajstić information content (AvgIpc) is 2.54. The van der Waals surface area contributed by atoms with Crippen molar-refractivity contribution >= 4 is 5.97 Å². The van der Waals surface area contributed by atoms with Gasteiger partial charge in [0.15, 0.2) is 0 Å². The number of rotatable bonds is 7. The summed E-state index contributed by atoms with van der Waals surface area (Å²) in [5.41, 5.74) is 2.06. The summed E-state index contributed by atoms with van der Waals surface area (Å²) in [7, 11) is 1.71. The van der Waals surface area contributed by atoms with E-state index in [2.05, 4.69) is 0 Å². The molecule has 1 N–H and O–H groups in total. The number of nitrogens with zero attached hydrogens (tertiary/aromatic N) is 1. The molecular formula is C18H21NO3. The molecule has 0 bridgehead atoms. The number of hydrogen-bond donors (Lipinski definition) is 1. The fourth-order valence-electron chi connectivity index (χ4n) is 2.22. The maximum absolute atomic E-state index is 12.2. The number of hydroxylamine groups is 2. The van der Waals surface area contributed by atoms with Crippen LogP contribution >= 0.6 is 0 Å². The van der Waals surface area contributed by atoms with Gasteiger partial charge in [0.25, 0.3) is 0 Å². The van der Waals surface area contributed by atoms with Crippen molar-refractivity contribution in [1.82, 2.24) is 5.06 Å². The number of carbonyl (C=O) groups is 1. The van der Waals surface area contributed by atoms with Crippen molar-refractivity contribution < 1.29 is 14.7 Å². The summed E-state index contributed by atoms with van der Waals surface area (Å²) in [6.07, 6.45) is 0.468. The molecule has 0 saturated heterocycles. The molecule has 0 heterocycles. The summed E-state index contributed by atoms with van der Waals surface area (Å²) in [6, 6.07) is 19.4. The Hall–Kier alpha value is -2.17. The number of aliphatic hydroxyl groups excluding tert-OH is 1. The number of hydrogen-bond acceptors (Lipinski definition) is 4. The van der Waals surface area contributed by atoms with E-state index < -0.39 is 11.9 Å². The molecule has 22 heavy (non-hydrogen) atoms. The van der Waals surface area contributed by atoms with E-state index >= 15 is 0 Å². The van der Waals surface area contributed by atoms with E-state index in [1.54, 1.807) is 7.05 Å². The topological polar surface area (TPSA) is 49.8 Å². The van der Waals surface area contributed by atoms with Crippen LogP contribution in [0.1, 0.15) is 11.1 Å². The van der Waals surface area contributed by atoms with Gasteiger partial charge in [-0.2, -0.15) is 0 Å². The Kier molecular flexibility index (Phi) is 6.13. The van der Waals surface area contributed by atoms with Crippen LogP contribution in [-0.2, 0) is 22.6 Å². The molecule has 0 spiro atoms. The van der Waals surface area contributed by atoms with Crippen LogP contribution in [0.2, 0.25) is 0 Å². The molecule has 4 heteroatoms. The lowest BCUT2D eigenvalue weighted by Crippen LogP contribution is -2.30. The van der Waals surface area contributed by atoms with Crippen LogP contribution in [0.25, 0.3) is 0 Å². The van der Waals surface area contributed by atoms with E-state index in [0.29, 0.717) is 13.0 Å². The van der Waals surface area contributed by atoms with Crippen LogP contribution in [-0.4, -0.2) is 29.8 Å². The minimum absolute atomic E-state index is 0.229. The van der Waals surface area contributed by atoms with E-state index in [-0.39, 0.29) is 6.61 Å². The standard InChI is InChI=1S/C18H21NO3/c1-19(13-16-10-6-3-7-11-16)22-18(21)17(14-20)12-15-8-4-2-5-9-15/h2-11,17,20H,12-14H2,1H3. The number of carbonyl (C=O) groups excluding carboxylic acids is 1. The molecule has 0 radical (unpaired) electrons. The summed E-state index contributed by atoms with van der Waals surface area (Å²) in [5, 5.41) is 10.9. The number of benzene rings is 2. The van der Waals surface area contributed by atoms with Gasteiger partial charge in [-0.15, -0.1) is 5.06 Å². The van der Waals surface area contributed by atoms with E-state index in [1.807, 2.05) is 60.7 Å². The average molecular weight is 299 g/mol. The zero-order valence-corrected chi connectivity index (χ0v) is 12.7. The Morgan fingerprint density at radius 2 is 1.59 bits per heavy atom. The third-order valence-electron chi connectivity index (χ3n) is 3.37. The van der Waals surface area contributed by atoms with Gasteiger partial charge in [-0.3, -0.25) is 0 Å². The molecule has 2 rings (SSSR count). The van der Waals surface area contributed by atoms with E-state index in [0.717, 1.165) is 11.1 Å². The molecule has 0 aliphatic rings. The van der Waals surface area contributed by atoms with Gasteiger partial charge in [-0.05, 0) is 17.5 Å². The maximum Gasteiger partial charge on any atom is 0.330 e. The second-order valence-electron chi connectivity index (χ2n) is 5.25. The molecule has 0 aromatic heterocycles. The van der Waals surface area contributed by atoms with Crippen LogP contribution in [0.3, 0.4) is 0 Å².